The van der Waals surface area contributed by atoms with Gasteiger partial charge < -0.3 is 9.64 Å². The predicted molar refractivity (Wildman–Crippen MR) is 86.4 cm³/mol. The molecule has 0 radical (unpaired) electrons. The Balaban J connectivity index is 1.54. The third kappa shape index (κ3) is 3.90. The molecule has 2 aliphatic heterocycles. The second kappa shape index (κ2) is 6.97. The van der Waals surface area contributed by atoms with Gasteiger partial charge in [0.25, 0.3) is 0 Å². The van der Waals surface area contributed by atoms with Crippen LogP contribution in [0.15, 0.2) is 24.3 Å². The van der Waals surface area contributed by atoms with E-state index in [4.69, 9.17) is 4.74 Å². The molecule has 1 spiro atoms. The maximum Gasteiger partial charge on any atom is 0.224 e. The molecule has 2 heterocycles. The van der Waals surface area contributed by atoms with Gasteiger partial charge in [-0.3, -0.25) is 9.69 Å². The summed E-state index contributed by atoms with van der Waals surface area (Å²) >= 11 is 0. The normalized spacial score (nSPS) is 24.7. The summed E-state index contributed by atoms with van der Waals surface area (Å²) in [5.41, 5.74) is 1.25. The van der Waals surface area contributed by atoms with Gasteiger partial charge in [0, 0.05) is 38.7 Å². The first-order valence-electron chi connectivity index (χ1n) is 8.34. The molecule has 0 N–H and O–H groups in total. The van der Waals surface area contributed by atoms with Crippen LogP contribution < -0.4 is 0 Å². The highest BCUT2D eigenvalue weighted by Gasteiger charge is 2.44. The van der Waals surface area contributed by atoms with Crippen molar-refractivity contribution in [1.29, 1.82) is 0 Å². The van der Waals surface area contributed by atoms with E-state index in [1.165, 1.54) is 6.07 Å². The fourth-order valence-electron chi connectivity index (χ4n) is 3.88. The second-order valence-electron chi connectivity index (χ2n) is 6.90. The molecule has 5 heteroatoms. The van der Waals surface area contributed by atoms with Gasteiger partial charge in [-0.15, -0.1) is 0 Å². The number of carbonyl (C=O) groups excluding carboxylic acids is 1. The van der Waals surface area contributed by atoms with Crippen LogP contribution in [0.5, 0.6) is 0 Å². The van der Waals surface area contributed by atoms with Gasteiger partial charge in [-0.1, -0.05) is 12.1 Å². The van der Waals surface area contributed by atoms with Crippen molar-refractivity contribution < 1.29 is 13.9 Å². The first-order valence-corrected chi connectivity index (χ1v) is 8.34. The molecule has 23 heavy (non-hydrogen) atoms. The van der Waals surface area contributed by atoms with E-state index in [0.29, 0.717) is 13.0 Å². The van der Waals surface area contributed by atoms with Gasteiger partial charge in [0.15, 0.2) is 0 Å². The van der Waals surface area contributed by atoms with Crippen molar-refractivity contribution >= 4 is 5.91 Å². The number of carbonyl (C=O) groups is 1. The molecule has 2 aliphatic rings. The monoisotopic (exact) mass is 320 g/mol. The number of benzene rings is 1. The Hall–Kier alpha value is -1.46. The fraction of sp³-hybridized carbons (Fsp3) is 0.611. The minimum Gasteiger partial charge on any atom is -0.384 e. The average Bonchev–Trinajstić information content (AvgIpc) is 3.12. The van der Waals surface area contributed by atoms with Crippen molar-refractivity contribution in [1.82, 2.24) is 9.80 Å². The Morgan fingerprint density at radius 1 is 1.30 bits per heavy atom. The lowest BCUT2D eigenvalue weighted by Gasteiger charge is -2.25. The summed E-state index contributed by atoms with van der Waals surface area (Å²) in [6, 6.07) is 6.83. The van der Waals surface area contributed by atoms with Crippen LogP contribution in [0.3, 0.4) is 0 Å². The molecule has 0 saturated carbocycles. The molecule has 0 bridgehead atoms. The molecule has 1 aromatic carbocycles. The van der Waals surface area contributed by atoms with Gasteiger partial charge in [-0.25, -0.2) is 4.39 Å². The van der Waals surface area contributed by atoms with Crippen LogP contribution in [0.25, 0.3) is 0 Å². The molecule has 1 aromatic rings. The number of amides is 1. The predicted octanol–water partition coefficient (Wildman–Crippen LogP) is 2.29. The van der Waals surface area contributed by atoms with E-state index in [2.05, 4.69) is 4.90 Å². The molecule has 0 aromatic heterocycles. The van der Waals surface area contributed by atoms with E-state index >= 15 is 0 Å². The lowest BCUT2D eigenvalue weighted by atomic mass is 9.86. The number of nitrogens with zero attached hydrogens (tertiary/aromatic N) is 2. The Labute approximate surface area is 137 Å². The van der Waals surface area contributed by atoms with E-state index in [1.54, 1.807) is 19.2 Å². The third-order valence-corrected chi connectivity index (χ3v) is 5.12. The minimum absolute atomic E-state index is 0.174. The van der Waals surface area contributed by atoms with E-state index in [0.717, 1.165) is 51.1 Å². The summed E-state index contributed by atoms with van der Waals surface area (Å²) in [5.74, 6) is 0.0273. The zero-order valence-corrected chi connectivity index (χ0v) is 13.8. The van der Waals surface area contributed by atoms with Crippen LogP contribution in [-0.2, 0) is 16.1 Å². The highest BCUT2D eigenvalue weighted by molar-refractivity contribution is 5.76. The minimum atomic E-state index is -0.174. The van der Waals surface area contributed by atoms with Crippen molar-refractivity contribution in [3.8, 4) is 0 Å². The van der Waals surface area contributed by atoms with E-state index < -0.39 is 0 Å². The molecule has 0 unspecified atom stereocenters. The highest BCUT2D eigenvalue weighted by Crippen LogP contribution is 2.40. The van der Waals surface area contributed by atoms with Crippen molar-refractivity contribution in [2.45, 2.75) is 25.8 Å². The van der Waals surface area contributed by atoms with Crippen molar-refractivity contribution in [3.63, 3.8) is 0 Å². The highest BCUT2D eigenvalue weighted by atomic mass is 19.1. The molecule has 2 fully saturated rings. The van der Waals surface area contributed by atoms with E-state index in [9.17, 15) is 9.18 Å². The van der Waals surface area contributed by atoms with E-state index in [-0.39, 0.29) is 17.1 Å². The van der Waals surface area contributed by atoms with Crippen LogP contribution in [-0.4, -0.2) is 55.6 Å². The smallest absolute Gasteiger partial charge is 0.224 e. The van der Waals surface area contributed by atoms with E-state index in [1.807, 2.05) is 11.0 Å². The molecule has 1 atom stereocenters. The van der Waals surface area contributed by atoms with Gasteiger partial charge in [0.05, 0.1) is 13.0 Å². The largest absolute Gasteiger partial charge is 0.384 e. The van der Waals surface area contributed by atoms with Gasteiger partial charge in [-0.05, 0) is 37.1 Å². The molecule has 4 nitrogen and oxygen atoms in total. The van der Waals surface area contributed by atoms with Crippen molar-refractivity contribution in [3.05, 3.63) is 35.6 Å². The quantitative estimate of drug-likeness (QED) is 0.834. The summed E-state index contributed by atoms with van der Waals surface area (Å²) in [5, 5.41) is 0. The van der Waals surface area contributed by atoms with Gasteiger partial charge in [-0.2, -0.15) is 0 Å². The SMILES string of the molecule is COCCC(=O)N1CC[C@]2(CCN(Cc3cccc(F)c3)C2)C1. The molecule has 2 saturated heterocycles. The Morgan fingerprint density at radius 2 is 2.13 bits per heavy atom. The summed E-state index contributed by atoms with van der Waals surface area (Å²) in [7, 11) is 1.63. The maximum atomic E-state index is 13.3. The summed E-state index contributed by atoms with van der Waals surface area (Å²) in [6.45, 7) is 5.02. The van der Waals surface area contributed by atoms with Gasteiger partial charge >= 0.3 is 0 Å². The van der Waals surface area contributed by atoms with Crippen LogP contribution in [0, 0.1) is 11.2 Å². The second-order valence-corrected chi connectivity index (χ2v) is 6.90. The summed E-state index contributed by atoms with van der Waals surface area (Å²) in [6.07, 6.45) is 2.67. The summed E-state index contributed by atoms with van der Waals surface area (Å²) in [4.78, 5) is 16.5. The number of methoxy groups -OCH3 is 1. The maximum absolute atomic E-state index is 13.3. The number of hydrogen-bond donors (Lipinski definition) is 0. The van der Waals surface area contributed by atoms with Gasteiger partial charge in [0.1, 0.15) is 5.82 Å². The third-order valence-electron chi connectivity index (χ3n) is 5.12. The number of likely N-dealkylation sites (tertiary alicyclic amines) is 2. The number of rotatable bonds is 5. The van der Waals surface area contributed by atoms with Crippen LogP contribution >= 0.6 is 0 Å². The summed E-state index contributed by atoms with van der Waals surface area (Å²) < 4.78 is 18.3. The molecular formula is C18H25FN2O2. The fourth-order valence-corrected chi connectivity index (χ4v) is 3.88. The van der Waals surface area contributed by atoms with Crippen LogP contribution in [0.4, 0.5) is 4.39 Å². The Bertz CT molecular complexity index is 566. The molecule has 1 amide bonds. The zero-order chi connectivity index (χ0) is 16.3. The average molecular weight is 320 g/mol. The Morgan fingerprint density at radius 3 is 2.91 bits per heavy atom. The number of halogens is 1. The van der Waals surface area contributed by atoms with Crippen molar-refractivity contribution in [2.75, 3.05) is 39.9 Å². The molecule has 3 rings (SSSR count). The lowest BCUT2D eigenvalue weighted by Crippen LogP contribution is -2.34. The lowest BCUT2D eigenvalue weighted by molar-refractivity contribution is -0.131. The standard InChI is InChI=1S/C18H25FN2O2/c1-23-10-5-17(22)21-9-7-18(14-21)6-8-20(13-18)12-15-3-2-4-16(19)11-15/h2-4,11H,5-10,12-14H2,1H3/t18-/m0/s1. The molecular weight excluding hydrogens is 295 g/mol. The first kappa shape index (κ1) is 16.4. The van der Waals surface area contributed by atoms with Crippen LogP contribution in [0.2, 0.25) is 0 Å². The number of hydrogen-bond acceptors (Lipinski definition) is 3. The van der Waals surface area contributed by atoms with Gasteiger partial charge in [0.2, 0.25) is 5.91 Å². The van der Waals surface area contributed by atoms with Crippen LogP contribution in [0.1, 0.15) is 24.8 Å². The molecule has 0 aliphatic carbocycles. The first-order chi connectivity index (χ1) is 11.1. The van der Waals surface area contributed by atoms with Crippen molar-refractivity contribution in [2.24, 2.45) is 5.41 Å². The zero-order valence-electron chi connectivity index (χ0n) is 13.8. The Kier molecular flexibility index (Phi) is 4.97. The number of ether oxygens (including phenoxy) is 1. The topological polar surface area (TPSA) is 32.8 Å². The molecule has 126 valence electrons.